The van der Waals surface area contributed by atoms with Crippen molar-refractivity contribution in [2.75, 3.05) is 7.11 Å². The van der Waals surface area contributed by atoms with E-state index in [1.165, 1.54) is 18.4 Å². The molecule has 0 saturated heterocycles. The Morgan fingerprint density at radius 1 is 1.50 bits per heavy atom. The Morgan fingerprint density at radius 3 is 2.94 bits per heavy atom. The monoisotopic (exact) mass is 238 g/mol. The Hall–Kier alpha value is -1.82. The molecule has 2 aromatic heterocycles. The number of carbonyl (C=O) groups is 1. The zero-order valence-corrected chi connectivity index (χ0v) is 9.12. The fourth-order valence-electron chi connectivity index (χ4n) is 1.19. The maximum absolute atomic E-state index is 13.9. The van der Waals surface area contributed by atoms with Gasteiger partial charge in [-0.25, -0.2) is 19.2 Å². The van der Waals surface area contributed by atoms with Crippen LogP contribution >= 0.6 is 11.3 Å². The second kappa shape index (κ2) is 4.36. The number of carbonyl (C=O) groups excluding carboxylic acids is 1. The summed E-state index contributed by atoms with van der Waals surface area (Å²) < 4.78 is 18.3. The van der Waals surface area contributed by atoms with Crippen molar-refractivity contribution in [2.24, 2.45) is 0 Å². The van der Waals surface area contributed by atoms with Crippen LogP contribution < -0.4 is 0 Å². The number of methoxy groups -OCH3 is 1. The van der Waals surface area contributed by atoms with E-state index in [0.29, 0.717) is 4.88 Å². The van der Waals surface area contributed by atoms with Gasteiger partial charge in [0.05, 0.1) is 12.0 Å². The molecule has 0 saturated carbocycles. The molecule has 0 aromatic carbocycles. The van der Waals surface area contributed by atoms with Crippen LogP contribution in [0.3, 0.4) is 0 Å². The largest absolute Gasteiger partial charge is 0.464 e. The second-order valence-electron chi connectivity index (χ2n) is 2.85. The third kappa shape index (κ3) is 1.79. The summed E-state index contributed by atoms with van der Waals surface area (Å²) >= 11 is 1.34. The van der Waals surface area contributed by atoms with Crippen molar-refractivity contribution in [1.29, 1.82) is 0 Å². The van der Waals surface area contributed by atoms with E-state index in [0.717, 1.165) is 6.33 Å². The number of thiophene rings is 1. The molecule has 2 heterocycles. The van der Waals surface area contributed by atoms with E-state index in [4.69, 9.17) is 0 Å². The Morgan fingerprint density at radius 2 is 2.31 bits per heavy atom. The summed E-state index contributed by atoms with van der Waals surface area (Å²) in [5.41, 5.74) is -0.230. The minimum absolute atomic E-state index is 0.116. The predicted molar refractivity (Wildman–Crippen MR) is 56.6 cm³/mol. The van der Waals surface area contributed by atoms with Gasteiger partial charge in [0.1, 0.15) is 12.0 Å². The van der Waals surface area contributed by atoms with E-state index in [1.807, 2.05) is 0 Å². The first-order valence-electron chi connectivity index (χ1n) is 4.36. The Balaban J connectivity index is 2.53. The van der Waals surface area contributed by atoms with Gasteiger partial charge in [-0.1, -0.05) is 6.07 Å². The van der Waals surface area contributed by atoms with Crippen LogP contribution in [-0.2, 0) is 4.74 Å². The summed E-state index contributed by atoms with van der Waals surface area (Å²) in [5, 5.41) is 1.80. The molecule has 6 heteroatoms. The highest BCUT2D eigenvalue weighted by Crippen LogP contribution is 2.25. The SMILES string of the molecule is COC(=O)c1ncnc(-c2cccs2)c1F. The van der Waals surface area contributed by atoms with E-state index in [9.17, 15) is 9.18 Å². The minimum atomic E-state index is -0.808. The zero-order chi connectivity index (χ0) is 11.5. The molecule has 0 fully saturated rings. The molecule has 0 aliphatic carbocycles. The first-order valence-corrected chi connectivity index (χ1v) is 5.24. The first-order chi connectivity index (χ1) is 7.74. The van der Waals surface area contributed by atoms with Crippen LogP contribution in [0.4, 0.5) is 4.39 Å². The van der Waals surface area contributed by atoms with Gasteiger partial charge in [-0.15, -0.1) is 11.3 Å². The van der Waals surface area contributed by atoms with Crippen LogP contribution in [0.5, 0.6) is 0 Å². The summed E-state index contributed by atoms with van der Waals surface area (Å²) in [4.78, 5) is 19.2. The van der Waals surface area contributed by atoms with Gasteiger partial charge in [0.2, 0.25) is 0 Å². The number of aromatic nitrogens is 2. The molecule has 0 aliphatic rings. The molecule has 82 valence electrons. The number of hydrogen-bond donors (Lipinski definition) is 0. The van der Waals surface area contributed by atoms with Crippen LogP contribution in [0.1, 0.15) is 10.5 Å². The lowest BCUT2D eigenvalue weighted by Crippen LogP contribution is -2.09. The van der Waals surface area contributed by atoms with E-state index >= 15 is 0 Å². The van der Waals surface area contributed by atoms with Crippen molar-refractivity contribution in [3.8, 4) is 10.6 Å². The number of rotatable bonds is 2. The molecule has 0 N–H and O–H groups in total. The predicted octanol–water partition coefficient (Wildman–Crippen LogP) is 2.13. The van der Waals surface area contributed by atoms with Crippen molar-refractivity contribution in [2.45, 2.75) is 0 Å². The highest BCUT2D eigenvalue weighted by Gasteiger charge is 2.19. The summed E-state index contributed by atoms with van der Waals surface area (Å²) in [6.07, 6.45) is 1.14. The molecule has 2 rings (SSSR count). The van der Waals surface area contributed by atoms with E-state index in [1.54, 1.807) is 17.5 Å². The van der Waals surface area contributed by atoms with Gasteiger partial charge in [-0.05, 0) is 11.4 Å². The van der Waals surface area contributed by atoms with Gasteiger partial charge < -0.3 is 4.74 Å². The van der Waals surface area contributed by atoms with Gasteiger partial charge in [-0.3, -0.25) is 0 Å². The third-order valence-corrected chi connectivity index (χ3v) is 2.80. The number of hydrogen-bond acceptors (Lipinski definition) is 5. The summed E-state index contributed by atoms with van der Waals surface area (Å²) in [6, 6.07) is 3.50. The maximum Gasteiger partial charge on any atom is 0.359 e. The Bertz CT molecular complexity index is 514. The number of halogens is 1. The molecular formula is C10H7FN2O2S. The topological polar surface area (TPSA) is 52.1 Å². The molecule has 0 atom stereocenters. The Labute approximate surface area is 94.7 Å². The van der Waals surface area contributed by atoms with Crippen molar-refractivity contribution in [3.63, 3.8) is 0 Å². The molecule has 0 radical (unpaired) electrons. The van der Waals surface area contributed by atoms with E-state index in [2.05, 4.69) is 14.7 Å². The van der Waals surface area contributed by atoms with Crippen LogP contribution in [0.25, 0.3) is 10.6 Å². The van der Waals surface area contributed by atoms with Gasteiger partial charge in [0, 0.05) is 0 Å². The van der Waals surface area contributed by atoms with E-state index in [-0.39, 0.29) is 11.4 Å². The van der Waals surface area contributed by atoms with Crippen LogP contribution in [0.2, 0.25) is 0 Å². The molecule has 16 heavy (non-hydrogen) atoms. The van der Waals surface area contributed by atoms with Crippen LogP contribution in [0.15, 0.2) is 23.8 Å². The number of nitrogens with zero attached hydrogens (tertiary/aromatic N) is 2. The molecule has 0 amide bonds. The molecular weight excluding hydrogens is 231 g/mol. The minimum Gasteiger partial charge on any atom is -0.464 e. The lowest BCUT2D eigenvalue weighted by Gasteiger charge is -2.02. The average molecular weight is 238 g/mol. The third-order valence-electron chi connectivity index (χ3n) is 1.92. The first kappa shape index (κ1) is 10.7. The second-order valence-corrected chi connectivity index (χ2v) is 3.80. The van der Waals surface area contributed by atoms with Gasteiger partial charge in [-0.2, -0.15) is 0 Å². The molecule has 0 bridgehead atoms. The summed E-state index contributed by atoms with van der Waals surface area (Å²) in [6.45, 7) is 0. The molecule has 0 aliphatic heterocycles. The lowest BCUT2D eigenvalue weighted by atomic mass is 10.2. The molecule has 2 aromatic rings. The fourth-order valence-corrected chi connectivity index (χ4v) is 1.91. The zero-order valence-electron chi connectivity index (χ0n) is 8.31. The number of esters is 1. The van der Waals surface area contributed by atoms with Gasteiger partial charge >= 0.3 is 5.97 Å². The fraction of sp³-hybridized carbons (Fsp3) is 0.100. The van der Waals surface area contributed by atoms with Crippen molar-refractivity contribution in [3.05, 3.63) is 35.4 Å². The van der Waals surface area contributed by atoms with Crippen molar-refractivity contribution < 1.29 is 13.9 Å². The summed E-state index contributed by atoms with van der Waals surface area (Å²) in [7, 11) is 1.18. The average Bonchev–Trinajstić information content (AvgIpc) is 2.82. The van der Waals surface area contributed by atoms with Crippen LogP contribution in [-0.4, -0.2) is 23.0 Å². The number of ether oxygens (including phenoxy) is 1. The molecule has 0 unspecified atom stereocenters. The highest BCUT2D eigenvalue weighted by molar-refractivity contribution is 7.13. The van der Waals surface area contributed by atoms with Crippen LogP contribution in [0, 0.1) is 5.82 Å². The van der Waals surface area contributed by atoms with Gasteiger partial charge in [0.25, 0.3) is 0 Å². The van der Waals surface area contributed by atoms with E-state index < -0.39 is 11.8 Å². The van der Waals surface area contributed by atoms with Crippen molar-refractivity contribution in [1.82, 2.24) is 9.97 Å². The smallest absolute Gasteiger partial charge is 0.359 e. The lowest BCUT2D eigenvalue weighted by molar-refractivity contribution is 0.0588. The van der Waals surface area contributed by atoms with Gasteiger partial charge in [0.15, 0.2) is 11.5 Å². The van der Waals surface area contributed by atoms with Crippen molar-refractivity contribution >= 4 is 17.3 Å². The quantitative estimate of drug-likeness (QED) is 0.752. The maximum atomic E-state index is 13.9. The molecule has 0 spiro atoms. The standard InChI is InChI=1S/C10H7FN2O2S/c1-15-10(14)9-7(11)8(12-5-13-9)6-3-2-4-16-6/h2-5H,1H3. The normalized spacial score (nSPS) is 10.1. The summed E-state index contributed by atoms with van der Waals surface area (Å²) in [5.74, 6) is -1.56. The molecule has 4 nitrogen and oxygen atoms in total. The highest BCUT2D eigenvalue weighted by atomic mass is 32.1. The Kier molecular flexibility index (Phi) is 2.91.